The van der Waals surface area contributed by atoms with Gasteiger partial charge in [-0.1, -0.05) is 54.6 Å². The number of rotatable bonds is 8. The molecular formula is C24H28N2O4. The van der Waals surface area contributed by atoms with Gasteiger partial charge in [0.25, 0.3) is 0 Å². The molecule has 0 bridgehead atoms. The molecule has 1 aliphatic heterocycles. The third-order valence-corrected chi connectivity index (χ3v) is 5.58. The number of nitrogens with one attached hydrogen (secondary N) is 1. The Morgan fingerprint density at radius 2 is 1.83 bits per heavy atom. The average Bonchev–Trinajstić information content (AvgIpc) is 3.08. The molecule has 6 heteroatoms. The molecule has 2 aromatic carbocycles. The molecule has 0 aromatic heterocycles. The molecule has 0 radical (unpaired) electrons. The number of ether oxygens (including phenoxy) is 1. The Kier molecular flexibility index (Phi) is 7.22. The second-order valence-electron chi connectivity index (χ2n) is 7.68. The zero-order chi connectivity index (χ0) is 21.5. The van der Waals surface area contributed by atoms with Crippen LogP contribution >= 0.6 is 0 Å². The second kappa shape index (κ2) is 10.1. The van der Waals surface area contributed by atoms with Gasteiger partial charge in [-0.15, -0.1) is 0 Å². The van der Waals surface area contributed by atoms with Crippen molar-refractivity contribution in [2.45, 2.75) is 51.2 Å². The third kappa shape index (κ3) is 5.47. The van der Waals surface area contributed by atoms with Gasteiger partial charge < -0.3 is 15.0 Å². The molecule has 0 aliphatic carbocycles. The topological polar surface area (TPSA) is 75.7 Å². The number of hydrogen-bond acceptors (Lipinski definition) is 4. The van der Waals surface area contributed by atoms with E-state index in [-0.39, 0.29) is 24.3 Å². The third-order valence-electron chi connectivity index (χ3n) is 5.58. The lowest BCUT2D eigenvalue weighted by molar-refractivity contribution is -0.145. The number of aryl methyl sites for hydroxylation is 1. The number of carbonyl (C=O) groups excluding carboxylic acids is 3. The first-order chi connectivity index (χ1) is 14.5. The van der Waals surface area contributed by atoms with Crippen molar-refractivity contribution < 1.29 is 19.1 Å². The van der Waals surface area contributed by atoms with Crippen molar-refractivity contribution in [2.75, 3.05) is 7.11 Å². The first kappa shape index (κ1) is 21.6. The highest BCUT2D eigenvalue weighted by Gasteiger charge is 2.33. The zero-order valence-electron chi connectivity index (χ0n) is 17.5. The number of hydrogen-bond donors (Lipinski definition) is 1. The van der Waals surface area contributed by atoms with E-state index < -0.39 is 12.0 Å². The van der Waals surface area contributed by atoms with Gasteiger partial charge in [-0.3, -0.25) is 9.59 Å². The summed E-state index contributed by atoms with van der Waals surface area (Å²) < 4.78 is 4.87. The molecule has 1 heterocycles. The highest BCUT2D eigenvalue weighted by molar-refractivity contribution is 5.86. The minimum absolute atomic E-state index is 0.0601. The summed E-state index contributed by atoms with van der Waals surface area (Å²) in [5.74, 6) is -0.674. The summed E-state index contributed by atoms with van der Waals surface area (Å²) in [4.78, 5) is 39.1. The first-order valence-electron chi connectivity index (χ1n) is 10.2. The van der Waals surface area contributed by atoms with Crippen LogP contribution in [0.2, 0.25) is 0 Å². The Morgan fingerprint density at radius 1 is 1.13 bits per heavy atom. The van der Waals surface area contributed by atoms with E-state index in [0.717, 1.165) is 16.7 Å². The molecule has 1 N–H and O–H groups in total. The fourth-order valence-electron chi connectivity index (χ4n) is 3.85. The zero-order valence-corrected chi connectivity index (χ0v) is 17.5. The maximum Gasteiger partial charge on any atom is 0.328 e. The van der Waals surface area contributed by atoms with Crippen LogP contribution in [0.4, 0.5) is 0 Å². The quantitative estimate of drug-likeness (QED) is 0.682. The molecule has 2 atom stereocenters. The summed E-state index contributed by atoms with van der Waals surface area (Å²) in [5, 5.41) is 2.80. The maximum absolute atomic E-state index is 12.7. The summed E-state index contributed by atoms with van der Waals surface area (Å²) in [7, 11) is 1.31. The van der Waals surface area contributed by atoms with Crippen LogP contribution < -0.4 is 5.32 Å². The van der Waals surface area contributed by atoms with Gasteiger partial charge >= 0.3 is 5.97 Å². The predicted molar refractivity (Wildman–Crippen MR) is 113 cm³/mol. The lowest BCUT2D eigenvalue weighted by Crippen LogP contribution is -2.45. The summed E-state index contributed by atoms with van der Waals surface area (Å²) in [6, 6.07) is 16.5. The molecule has 2 aromatic rings. The van der Waals surface area contributed by atoms with E-state index in [0.29, 0.717) is 25.8 Å². The van der Waals surface area contributed by atoms with E-state index in [1.165, 1.54) is 7.11 Å². The Balaban J connectivity index is 1.64. The van der Waals surface area contributed by atoms with Crippen molar-refractivity contribution in [3.8, 4) is 0 Å². The summed E-state index contributed by atoms with van der Waals surface area (Å²) in [5.41, 5.74) is 3.13. The molecule has 6 nitrogen and oxygen atoms in total. The van der Waals surface area contributed by atoms with E-state index >= 15 is 0 Å². The number of likely N-dealkylation sites (tertiary alicyclic amines) is 1. The number of esters is 1. The van der Waals surface area contributed by atoms with Gasteiger partial charge in [0.15, 0.2) is 0 Å². The average molecular weight is 408 g/mol. The highest BCUT2D eigenvalue weighted by atomic mass is 16.5. The molecule has 2 amide bonds. The summed E-state index contributed by atoms with van der Waals surface area (Å²) >= 11 is 0. The van der Waals surface area contributed by atoms with Crippen LogP contribution in [0, 0.1) is 6.92 Å². The van der Waals surface area contributed by atoms with E-state index in [9.17, 15) is 14.4 Å². The van der Waals surface area contributed by atoms with Crippen LogP contribution in [0.25, 0.3) is 0 Å². The molecule has 30 heavy (non-hydrogen) atoms. The molecule has 1 fully saturated rings. The Morgan fingerprint density at radius 3 is 2.53 bits per heavy atom. The lowest BCUT2D eigenvalue weighted by Gasteiger charge is -2.26. The standard InChI is InChI=1S/C24H28N2O4/c1-17-8-6-7-11-19(17)16-26-20(12-13-23(26)28)15-22(27)25-21(24(29)30-2)14-18-9-4-3-5-10-18/h3-11,20-21H,12-16H2,1-2H3,(H,25,27)/t20?,21-/m1/s1. The molecule has 0 spiro atoms. The van der Waals surface area contributed by atoms with Gasteiger partial charge in [-0.25, -0.2) is 4.79 Å². The van der Waals surface area contributed by atoms with E-state index in [4.69, 9.17) is 4.74 Å². The monoisotopic (exact) mass is 408 g/mol. The number of benzene rings is 2. The van der Waals surface area contributed by atoms with E-state index in [2.05, 4.69) is 5.32 Å². The van der Waals surface area contributed by atoms with Crippen molar-refractivity contribution in [1.82, 2.24) is 10.2 Å². The fraction of sp³-hybridized carbons (Fsp3) is 0.375. The van der Waals surface area contributed by atoms with Crippen molar-refractivity contribution in [2.24, 2.45) is 0 Å². The van der Waals surface area contributed by atoms with Gasteiger partial charge in [0.05, 0.1) is 7.11 Å². The van der Waals surface area contributed by atoms with Crippen LogP contribution in [0.5, 0.6) is 0 Å². The minimum atomic E-state index is -0.758. The van der Waals surface area contributed by atoms with Gasteiger partial charge in [0.1, 0.15) is 6.04 Å². The van der Waals surface area contributed by atoms with Gasteiger partial charge in [0, 0.05) is 31.8 Å². The number of carbonyl (C=O) groups is 3. The summed E-state index contributed by atoms with van der Waals surface area (Å²) in [6.45, 7) is 2.51. The summed E-state index contributed by atoms with van der Waals surface area (Å²) in [6.07, 6.45) is 1.60. The van der Waals surface area contributed by atoms with Crippen molar-refractivity contribution in [1.29, 1.82) is 0 Å². The Labute approximate surface area is 177 Å². The minimum Gasteiger partial charge on any atom is -0.467 e. The Hall–Kier alpha value is -3.15. The second-order valence-corrected chi connectivity index (χ2v) is 7.68. The molecule has 3 rings (SSSR count). The van der Waals surface area contributed by atoms with Crippen LogP contribution in [0.1, 0.15) is 36.0 Å². The maximum atomic E-state index is 12.7. The smallest absolute Gasteiger partial charge is 0.328 e. The largest absolute Gasteiger partial charge is 0.467 e. The molecule has 1 saturated heterocycles. The number of nitrogens with zero attached hydrogens (tertiary/aromatic N) is 1. The van der Waals surface area contributed by atoms with Crippen LogP contribution in [-0.4, -0.2) is 41.9 Å². The first-order valence-corrected chi connectivity index (χ1v) is 10.2. The molecule has 0 saturated carbocycles. The van der Waals surface area contributed by atoms with Crippen molar-refractivity contribution in [3.05, 3.63) is 71.3 Å². The van der Waals surface area contributed by atoms with Crippen LogP contribution in [0.3, 0.4) is 0 Å². The lowest BCUT2D eigenvalue weighted by atomic mass is 10.0. The molecule has 158 valence electrons. The normalized spacial score (nSPS) is 16.9. The Bertz CT molecular complexity index is 897. The molecular weight excluding hydrogens is 380 g/mol. The van der Waals surface area contributed by atoms with E-state index in [1.54, 1.807) is 4.90 Å². The van der Waals surface area contributed by atoms with Gasteiger partial charge in [0.2, 0.25) is 11.8 Å². The van der Waals surface area contributed by atoms with Gasteiger partial charge in [-0.2, -0.15) is 0 Å². The van der Waals surface area contributed by atoms with Gasteiger partial charge in [-0.05, 0) is 30.0 Å². The number of amides is 2. The van der Waals surface area contributed by atoms with Crippen LogP contribution in [0.15, 0.2) is 54.6 Å². The van der Waals surface area contributed by atoms with E-state index in [1.807, 2.05) is 61.5 Å². The van der Waals surface area contributed by atoms with Crippen molar-refractivity contribution in [3.63, 3.8) is 0 Å². The number of methoxy groups -OCH3 is 1. The predicted octanol–water partition coefficient (Wildman–Crippen LogP) is 2.78. The molecule has 1 aliphatic rings. The fourth-order valence-corrected chi connectivity index (χ4v) is 3.85. The highest BCUT2D eigenvalue weighted by Crippen LogP contribution is 2.25. The molecule has 1 unspecified atom stereocenters. The van der Waals surface area contributed by atoms with Crippen molar-refractivity contribution >= 4 is 17.8 Å². The van der Waals surface area contributed by atoms with Crippen LogP contribution in [-0.2, 0) is 32.1 Å². The SMILES string of the molecule is COC(=O)[C@@H](Cc1ccccc1)NC(=O)CC1CCC(=O)N1Cc1ccccc1C.